The number of aliphatic hydroxyl groups is 2. The lowest BCUT2D eigenvalue weighted by atomic mass is 9.96. The number of Topliss-reactive ketones (excluding diaryl/α,β-unsaturated/α-hetero) is 2. The van der Waals surface area contributed by atoms with E-state index in [4.69, 9.17) is 0 Å². The predicted molar refractivity (Wildman–Crippen MR) is 63.0 cm³/mol. The third kappa shape index (κ3) is 2.64. The summed E-state index contributed by atoms with van der Waals surface area (Å²) in [5, 5.41) is 19.3. The average molecular weight is 256 g/mol. The van der Waals surface area contributed by atoms with Gasteiger partial charge in [0, 0.05) is 12.8 Å². The van der Waals surface area contributed by atoms with E-state index >= 15 is 0 Å². The maximum Gasteiger partial charge on any atom is 0.230 e. The second-order valence-corrected chi connectivity index (χ2v) is 5.14. The highest BCUT2D eigenvalue weighted by atomic mass is 16.3. The summed E-state index contributed by atoms with van der Waals surface area (Å²) in [5.41, 5.74) is 10.0. The van der Waals surface area contributed by atoms with E-state index in [1.54, 1.807) is 6.92 Å². The Bertz CT molecular complexity index is 367. The largest absolute Gasteiger partial charge is 0.506 e. The van der Waals surface area contributed by atoms with E-state index in [0.717, 1.165) is 0 Å². The highest BCUT2D eigenvalue weighted by molar-refractivity contribution is 5.98. The molecule has 1 heterocycles. The normalized spacial score (nSPS) is 34.0. The van der Waals surface area contributed by atoms with Crippen LogP contribution in [0.15, 0.2) is 0 Å². The molecule has 1 saturated heterocycles. The molecule has 0 saturated carbocycles. The topological polar surface area (TPSA) is 99.9 Å². The summed E-state index contributed by atoms with van der Waals surface area (Å²) in [4.78, 5) is 23.8. The molecule has 6 nitrogen and oxygen atoms in total. The summed E-state index contributed by atoms with van der Waals surface area (Å²) in [6.07, 6.45) is -2.93. The Morgan fingerprint density at radius 1 is 1.17 bits per heavy atom. The Morgan fingerprint density at radius 3 is 2.00 bits per heavy atom. The quantitative estimate of drug-likeness (QED) is 0.699. The smallest absolute Gasteiger partial charge is 0.230 e. The van der Waals surface area contributed by atoms with Crippen molar-refractivity contribution in [1.29, 1.82) is 0 Å². The zero-order valence-electron chi connectivity index (χ0n) is 10.9. The van der Waals surface area contributed by atoms with E-state index in [1.807, 2.05) is 13.8 Å². The fraction of sp³-hybridized carbons (Fsp3) is 0.833. The zero-order chi connectivity index (χ0) is 14.0. The van der Waals surface area contributed by atoms with Gasteiger partial charge in [-0.2, -0.15) is 0 Å². The molecular weight excluding hydrogens is 236 g/mol. The average Bonchev–Trinajstić information content (AvgIpc) is 2.36. The van der Waals surface area contributed by atoms with Gasteiger partial charge in [0.2, 0.25) is 23.7 Å². The summed E-state index contributed by atoms with van der Waals surface area (Å²) in [5.74, 6) is -1.31. The second-order valence-electron chi connectivity index (χ2n) is 5.14. The third-order valence-corrected chi connectivity index (χ3v) is 3.26. The van der Waals surface area contributed by atoms with Crippen LogP contribution in [0.2, 0.25) is 0 Å². The van der Waals surface area contributed by atoms with Gasteiger partial charge in [0.15, 0.2) is 12.2 Å². The van der Waals surface area contributed by atoms with Crippen LogP contribution in [-0.4, -0.2) is 50.8 Å². The van der Waals surface area contributed by atoms with Crippen molar-refractivity contribution in [2.45, 2.75) is 57.9 Å². The lowest BCUT2D eigenvalue weighted by molar-refractivity contribution is -0.596. The molecule has 0 aromatic rings. The number of rotatable bonds is 3. The molecule has 0 aromatic heterocycles. The van der Waals surface area contributed by atoms with Crippen molar-refractivity contribution in [1.82, 2.24) is 0 Å². The van der Waals surface area contributed by atoms with Crippen LogP contribution >= 0.6 is 0 Å². The van der Waals surface area contributed by atoms with Crippen LogP contribution in [0.3, 0.4) is 0 Å². The number of nitrogens with zero attached hydrogens (tertiary/aromatic N) is 2. The van der Waals surface area contributed by atoms with Crippen molar-refractivity contribution in [3.05, 3.63) is 5.53 Å². The van der Waals surface area contributed by atoms with Gasteiger partial charge in [0.25, 0.3) is 0 Å². The summed E-state index contributed by atoms with van der Waals surface area (Å²) >= 11 is 0. The first-order chi connectivity index (χ1) is 8.31. The van der Waals surface area contributed by atoms with Gasteiger partial charge in [-0.25, -0.2) is 0 Å². The molecule has 4 atom stereocenters. The first kappa shape index (κ1) is 14.9. The van der Waals surface area contributed by atoms with Crippen LogP contribution in [0.4, 0.5) is 0 Å². The highest BCUT2D eigenvalue weighted by Crippen LogP contribution is 2.21. The highest BCUT2D eigenvalue weighted by Gasteiger charge is 2.48. The van der Waals surface area contributed by atoms with E-state index in [2.05, 4.69) is 0 Å². The Kier molecular flexibility index (Phi) is 4.70. The zero-order valence-corrected chi connectivity index (χ0v) is 10.9. The van der Waals surface area contributed by atoms with E-state index in [9.17, 15) is 25.3 Å². The van der Waals surface area contributed by atoms with Crippen LogP contribution < -0.4 is 0 Å². The molecule has 4 unspecified atom stereocenters. The number of hydrogen-bond donors (Lipinski definition) is 2. The molecule has 1 aliphatic rings. The van der Waals surface area contributed by atoms with Gasteiger partial charge in [-0.1, -0.05) is 20.8 Å². The van der Waals surface area contributed by atoms with Gasteiger partial charge < -0.3 is 20.4 Å². The summed E-state index contributed by atoms with van der Waals surface area (Å²) in [7, 11) is 0. The van der Waals surface area contributed by atoms with Gasteiger partial charge in [0.05, 0.1) is 0 Å². The Labute approximate surface area is 106 Å². The fourth-order valence-electron chi connectivity index (χ4n) is 2.24. The summed E-state index contributed by atoms with van der Waals surface area (Å²) in [6.45, 7) is 5.42. The number of ketones is 2. The SMILES string of the molecule is CCC1C(=O)C(O)C(O)C(=O)C(CC(C)C)[N+]1=[N-]. The van der Waals surface area contributed by atoms with Gasteiger partial charge >= 0.3 is 0 Å². The first-order valence-electron chi connectivity index (χ1n) is 6.22. The van der Waals surface area contributed by atoms with Crippen LogP contribution in [-0.2, 0) is 9.59 Å². The first-order valence-corrected chi connectivity index (χ1v) is 6.22. The Hall–Kier alpha value is -1.14. The number of hydrogen-bond acceptors (Lipinski definition) is 4. The molecule has 1 aliphatic heterocycles. The molecule has 0 aromatic carbocycles. The van der Waals surface area contributed by atoms with E-state index in [0.29, 0.717) is 11.1 Å². The fourth-order valence-corrected chi connectivity index (χ4v) is 2.24. The molecule has 0 amide bonds. The third-order valence-electron chi connectivity index (χ3n) is 3.26. The molecule has 1 rings (SSSR count). The van der Waals surface area contributed by atoms with Gasteiger partial charge in [0.1, 0.15) is 0 Å². The van der Waals surface area contributed by atoms with Crippen molar-refractivity contribution in [2.75, 3.05) is 0 Å². The maximum atomic E-state index is 11.9. The number of carbonyl (C=O) groups is 2. The van der Waals surface area contributed by atoms with E-state index in [-0.39, 0.29) is 12.3 Å². The molecule has 0 aliphatic carbocycles. The van der Waals surface area contributed by atoms with Crippen molar-refractivity contribution >= 4 is 11.6 Å². The van der Waals surface area contributed by atoms with Crippen molar-refractivity contribution in [3.8, 4) is 0 Å². The molecule has 18 heavy (non-hydrogen) atoms. The van der Waals surface area contributed by atoms with Crippen LogP contribution in [0.25, 0.3) is 5.53 Å². The van der Waals surface area contributed by atoms with Crippen molar-refractivity contribution < 1.29 is 24.5 Å². The van der Waals surface area contributed by atoms with Gasteiger partial charge in [-0.05, 0) is 5.92 Å². The molecule has 0 radical (unpaired) electrons. The molecular formula is C12H20N2O4. The molecule has 1 fully saturated rings. The molecule has 6 heteroatoms. The lowest BCUT2D eigenvalue weighted by Crippen LogP contribution is -2.42. The van der Waals surface area contributed by atoms with Crippen molar-refractivity contribution in [3.63, 3.8) is 0 Å². The molecule has 0 bridgehead atoms. The second kappa shape index (κ2) is 5.67. The van der Waals surface area contributed by atoms with Gasteiger partial charge in [-0.3, -0.25) is 9.59 Å². The van der Waals surface area contributed by atoms with Crippen LogP contribution in [0, 0.1) is 5.92 Å². The molecule has 102 valence electrons. The minimum absolute atomic E-state index is 0.114. The minimum Gasteiger partial charge on any atom is -0.506 e. The van der Waals surface area contributed by atoms with Crippen LogP contribution in [0.1, 0.15) is 33.6 Å². The Balaban J connectivity index is 3.13. The Morgan fingerprint density at radius 2 is 1.61 bits per heavy atom. The standard InChI is InChI=1S/C12H20N2O4/c1-4-7-9(15)11(17)12(18)10(16)8(14(7)13)5-6(2)3/h6-8,11-12,17-18H,4-5H2,1-3H3. The summed E-state index contributed by atoms with van der Waals surface area (Å²) < 4.78 is 0.699. The summed E-state index contributed by atoms with van der Waals surface area (Å²) in [6, 6.07) is -1.91. The molecule has 2 N–H and O–H groups in total. The minimum atomic E-state index is -1.76. The maximum absolute atomic E-state index is 11.9. The number of carbonyl (C=O) groups excluding carboxylic acids is 2. The lowest BCUT2D eigenvalue weighted by Gasteiger charge is -2.21. The van der Waals surface area contributed by atoms with Crippen LogP contribution in [0.5, 0.6) is 0 Å². The predicted octanol–water partition coefficient (Wildman–Crippen LogP) is 0.0874. The molecule has 0 spiro atoms. The van der Waals surface area contributed by atoms with E-state index in [1.165, 1.54) is 0 Å². The van der Waals surface area contributed by atoms with Gasteiger partial charge in [-0.15, -0.1) is 0 Å². The monoisotopic (exact) mass is 256 g/mol. The van der Waals surface area contributed by atoms with Crippen molar-refractivity contribution in [2.24, 2.45) is 5.92 Å². The number of aliphatic hydroxyl groups excluding tert-OH is 2. The van der Waals surface area contributed by atoms with E-state index < -0.39 is 35.9 Å².